The van der Waals surface area contributed by atoms with Crippen LogP contribution in [0.5, 0.6) is 0 Å². The average Bonchev–Trinajstić information content (AvgIpc) is 3.26. The number of nitrogens with zero attached hydrogens (tertiary/aromatic N) is 4. The van der Waals surface area contributed by atoms with E-state index in [1.54, 1.807) is 17.5 Å². The Hall–Kier alpha value is -1.79. The Morgan fingerprint density at radius 1 is 1.24 bits per heavy atom. The van der Waals surface area contributed by atoms with E-state index in [9.17, 15) is 4.79 Å². The van der Waals surface area contributed by atoms with Crippen LogP contribution in [0.3, 0.4) is 0 Å². The Morgan fingerprint density at radius 2 is 2.16 bits per heavy atom. The maximum atomic E-state index is 12.8. The summed E-state index contributed by atoms with van der Waals surface area (Å²) >= 11 is 1.73. The lowest BCUT2D eigenvalue weighted by atomic mass is 9.79. The number of thiazole rings is 1. The Bertz CT molecular complexity index is 730. The van der Waals surface area contributed by atoms with Crippen molar-refractivity contribution in [1.29, 1.82) is 0 Å². The molecular weight excluding hydrogens is 332 g/mol. The minimum Gasteiger partial charge on any atom is -0.338 e. The van der Waals surface area contributed by atoms with Crippen molar-refractivity contribution < 1.29 is 4.79 Å². The maximum absolute atomic E-state index is 12.8. The Kier molecular flexibility index (Phi) is 4.56. The molecule has 0 unspecified atom stereocenters. The second kappa shape index (κ2) is 6.84. The summed E-state index contributed by atoms with van der Waals surface area (Å²) in [6.07, 6.45) is 7.12. The fourth-order valence-corrected chi connectivity index (χ4v) is 4.84. The summed E-state index contributed by atoms with van der Waals surface area (Å²) in [5.74, 6) is 0.126. The molecule has 0 radical (unpaired) electrons. The molecule has 0 bridgehead atoms. The number of carbonyl (C=O) groups excluding carboxylic acids is 1. The van der Waals surface area contributed by atoms with Crippen molar-refractivity contribution in [2.45, 2.75) is 32.7 Å². The van der Waals surface area contributed by atoms with Gasteiger partial charge in [-0.3, -0.25) is 14.7 Å². The van der Waals surface area contributed by atoms with Crippen LogP contribution in [0, 0.1) is 12.3 Å². The second-order valence-corrected chi connectivity index (χ2v) is 8.38. The highest BCUT2D eigenvalue weighted by Gasteiger charge is 2.42. The van der Waals surface area contributed by atoms with Crippen LogP contribution in [0.4, 0.5) is 0 Å². The number of piperidine rings is 1. The largest absolute Gasteiger partial charge is 0.338 e. The molecule has 0 N–H and O–H groups in total. The molecule has 5 nitrogen and oxygen atoms in total. The Balaban J connectivity index is 1.41. The fourth-order valence-electron chi connectivity index (χ4n) is 4.19. The first-order valence-corrected chi connectivity index (χ1v) is 9.84. The van der Waals surface area contributed by atoms with E-state index < -0.39 is 0 Å². The van der Waals surface area contributed by atoms with Crippen LogP contribution in [0.1, 0.15) is 40.3 Å². The highest BCUT2D eigenvalue weighted by Crippen LogP contribution is 2.39. The van der Waals surface area contributed by atoms with E-state index in [2.05, 4.69) is 14.9 Å². The lowest BCUT2D eigenvalue weighted by Crippen LogP contribution is -2.45. The minimum absolute atomic E-state index is 0.126. The molecule has 2 fully saturated rings. The molecule has 0 aromatic carbocycles. The highest BCUT2D eigenvalue weighted by atomic mass is 32.1. The van der Waals surface area contributed by atoms with E-state index in [-0.39, 0.29) is 11.3 Å². The zero-order valence-corrected chi connectivity index (χ0v) is 15.5. The van der Waals surface area contributed by atoms with Gasteiger partial charge in [0.2, 0.25) is 0 Å². The fraction of sp³-hybridized carbons (Fsp3) is 0.526. The van der Waals surface area contributed by atoms with Gasteiger partial charge < -0.3 is 4.90 Å². The molecule has 2 aliphatic rings. The Labute approximate surface area is 152 Å². The molecule has 1 spiro atoms. The van der Waals surface area contributed by atoms with Crippen LogP contribution >= 0.6 is 11.3 Å². The van der Waals surface area contributed by atoms with Gasteiger partial charge in [-0.15, -0.1) is 11.3 Å². The van der Waals surface area contributed by atoms with Crippen LogP contribution in [0.15, 0.2) is 29.9 Å². The summed E-state index contributed by atoms with van der Waals surface area (Å²) in [7, 11) is 0. The standard InChI is InChI=1S/C19H24N4OS/c1-15-3-4-16(11-21-15)18(24)23-9-6-19(14-23)5-2-8-22(13-19)12-17-20-7-10-25-17/h3-4,7,10-11H,2,5-6,8-9,12-14H2,1H3/t19-/m0/s1. The molecule has 25 heavy (non-hydrogen) atoms. The molecule has 2 saturated heterocycles. The zero-order valence-electron chi connectivity index (χ0n) is 14.6. The van der Waals surface area contributed by atoms with Crippen molar-refractivity contribution in [2.75, 3.05) is 26.2 Å². The number of rotatable bonds is 3. The van der Waals surface area contributed by atoms with Gasteiger partial charge in [0.05, 0.1) is 12.1 Å². The molecule has 4 rings (SSSR count). The average molecular weight is 356 g/mol. The number of likely N-dealkylation sites (tertiary alicyclic amines) is 2. The molecular formula is C19H24N4OS. The zero-order chi connectivity index (χ0) is 17.3. The SMILES string of the molecule is Cc1ccc(C(=O)N2CC[C@]3(CCCN(Cc4nccs4)C3)C2)cn1. The molecule has 6 heteroatoms. The minimum atomic E-state index is 0.126. The predicted octanol–water partition coefficient (Wildman–Crippen LogP) is 2.97. The number of pyridine rings is 1. The third-order valence-electron chi connectivity index (χ3n) is 5.47. The number of hydrogen-bond donors (Lipinski definition) is 0. The van der Waals surface area contributed by atoms with Gasteiger partial charge in [0.1, 0.15) is 5.01 Å². The van der Waals surface area contributed by atoms with Crippen LogP contribution in [0.2, 0.25) is 0 Å². The Morgan fingerprint density at radius 3 is 2.92 bits per heavy atom. The van der Waals surface area contributed by atoms with Gasteiger partial charge >= 0.3 is 0 Å². The van der Waals surface area contributed by atoms with Crippen LogP contribution in [-0.2, 0) is 6.54 Å². The van der Waals surface area contributed by atoms with E-state index >= 15 is 0 Å². The highest BCUT2D eigenvalue weighted by molar-refractivity contribution is 7.09. The summed E-state index contributed by atoms with van der Waals surface area (Å²) in [6.45, 7) is 6.82. The smallest absolute Gasteiger partial charge is 0.255 e. The topological polar surface area (TPSA) is 49.3 Å². The van der Waals surface area contributed by atoms with Crippen LogP contribution in [-0.4, -0.2) is 51.9 Å². The van der Waals surface area contributed by atoms with E-state index in [0.717, 1.165) is 44.8 Å². The third-order valence-corrected chi connectivity index (χ3v) is 6.23. The molecule has 2 aliphatic heterocycles. The van der Waals surface area contributed by atoms with E-state index in [1.807, 2.05) is 35.5 Å². The number of amides is 1. The predicted molar refractivity (Wildman–Crippen MR) is 98.6 cm³/mol. The van der Waals surface area contributed by atoms with Crippen molar-refractivity contribution in [1.82, 2.24) is 19.8 Å². The van der Waals surface area contributed by atoms with Gasteiger partial charge in [0, 0.05) is 48.5 Å². The van der Waals surface area contributed by atoms with E-state index in [0.29, 0.717) is 5.56 Å². The molecule has 1 atom stereocenters. The molecule has 2 aromatic heterocycles. The molecule has 2 aromatic rings. The van der Waals surface area contributed by atoms with Gasteiger partial charge in [-0.1, -0.05) is 0 Å². The number of aryl methyl sites for hydroxylation is 1. The lowest BCUT2D eigenvalue weighted by Gasteiger charge is -2.40. The monoisotopic (exact) mass is 356 g/mol. The maximum Gasteiger partial charge on any atom is 0.255 e. The van der Waals surface area contributed by atoms with Gasteiger partial charge in [-0.2, -0.15) is 0 Å². The molecule has 0 aliphatic carbocycles. The van der Waals surface area contributed by atoms with Crippen molar-refractivity contribution in [2.24, 2.45) is 5.41 Å². The van der Waals surface area contributed by atoms with Gasteiger partial charge in [-0.25, -0.2) is 4.98 Å². The van der Waals surface area contributed by atoms with Crippen molar-refractivity contribution in [3.63, 3.8) is 0 Å². The van der Waals surface area contributed by atoms with Gasteiger partial charge in [0.25, 0.3) is 5.91 Å². The first kappa shape index (κ1) is 16.7. The summed E-state index contributed by atoms with van der Waals surface area (Å²) in [4.78, 5) is 26.0. The molecule has 132 valence electrons. The normalized spacial score (nSPS) is 24.1. The van der Waals surface area contributed by atoms with E-state index in [1.165, 1.54) is 17.8 Å². The van der Waals surface area contributed by atoms with Crippen LogP contribution < -0.4 is 0 Å². The summed E-state index contributed by atoms with van der Waals surface area (Å²) in [6, 6.07) is 3.81. The third kappa shape index (κ3) is 3.60. The summed E-state index contributed by atoms with van der Waals surface area (Å²) in [5.41, 5.74) is 1.90. The van der Waals surface area contributed by atoms with Crippen LogP contribution in [0.25, 0.3) is 0 Å². The van der Waals surface area contributed by atoms with Gasteiger partial charge in [-0.05, 0) is 44.9 Å². The lowest BCUT2D eigenvalue weighted by molar-refractivity contribution is 0.0675. The van der Waals surface area contributed by atoms with Crippen molar-refractivity contribution in [3.8, 4) is 0 Å². The van der Waals surface area contributed by atoms with Crippen molar-refractivity contribution >= 4 is 17.2 Å². The van der Waals surface area contributed by atoms with Crippen molar-refractivity contribution in [3.05, 3.63) is 46.2 Å². The first-order valence-electron chi connectivity index (χ1n) is 8.96. The van der Waals surface area contributed by atoms with Gasteiger partial charge in [0.15, 0.2) is 0 Å². The number of hydrogen-bond acceptors (Lipinski definition) is 5. The van der Waals surface area contributed by atoms with E-state index in [4.69, 9.17) is 0 Å². The summed E-state index contributed by atoms with van der Waals surface area (Å²) < 4.78 is 0. The quantitative estimate of drug-likeness (QED) is 0.848. The number of aromatic nitrogens is 2. The summed E-state index contributed by atoms with van der Waals surface area (Å²) in [5, 5.41) is 3.23. The molecule has 0 saturated carbocycles. The molecule has 4 heterocycles. The second-order valence-electron chi connectivity index (χ2n) is 7.41. The molecule has 1 amide bonds. The number of carbonyl (C=O) groups is 1. The first-order chi connectivity index (χ1) is 12.1.